The maximum absolute atomic E-state index is 11.4. The predicted molar refractivity (Wildman–Crippen MR) is 51.4 cm³/mol. The second-order valence-electron chi connectivity index (χ2n) is 3.66. The topological polar surface area (TPSA) is 52.6 Å². The summed E-state index contributed by atoms with van der Waals surface area (Å²) >= 11 is 0. The molecule has 0 N–H and O–H groups in total. The molecule has 0 fully saturated rings. The molecule has 0 aliphatic rings. The fourth-order valence-electron chi connectivity index (χ4n) is 0.590. The normalized spacial score (nSPS) is 10.9. The first kappa shape index (κ1) is 12.9. The molecule has 0 aliphatic heterocycles. The summed E-state index contributed by atoms with van der Waals surface area (Å²) < 4.78 is 9.41. The van der Waals surface area contributed by atoms with Gasteiger partial charge < -0.3 is 9.47 Å². The molecule has 0 saturated heterocycles. The van der Waals surface area contributed by atoms with Crippen molar-refractivity contribution in [1.82, 2.24) is 0 Å². The van der Waals surface area contributed by atoms with Crippen molar-refractivity contribution in [2.75, 3.05) is 6.79 Å². The summed E-state index contributed by atoms with van der Waals surface area (Å²) in [5.41, 5.74) is -0.515. The molecule has 0 radical (unpaired) electrons. The molecule has 0 amide bonds. The summed E-state index contributed by atoms with van der Waals surface area (Å²) in [4.78, 5) is 22.1. The first-order chi connectivity index (χ1) is 6.44. The molecule has 0 bridgehead atoms. The van der Waals surface area contributed by atoms with E-state index < -0.39 is 5.41 Å². The molecule has 0 atom stereocenters. The maximum Gasteiger partial charge on any atom is 0.314 e. The van der Waals surface area contributed by atoms with Gasteiger partial charge in [0.1, 0.15) is 0 Å². The summed E-state index contributed by atoms with van der Waals surface area (Å²) in [6, 6.07) is 0. The lowest BCUT2D eigenvalue weighted by molar-refractivity contribution is -0.173. The van der Waals surface area contributed by atoms with Gasteiger partial charge in [-0.2, -0.15) is 0 Å². The quantitative estimate of drug-likeness (QED) is 0.504. The van der Waals surface area contributed by atoms with Crippen LogP contribution in [0.25, 0.3) is 0 Å². The minimum absolute atomic E-state index is 0.283. The Morgan fingerprint density at radius 3 is 2.14 bits per heavy atom. The fourth-order valence-corrected chi connectivity index (χ4v) is 0.590. The Balaban J connectivity index is 3.80. The number of hydrogen-bond acceptors (Lipinski definition) is 4. The van der Waals surface area contributed by atoms with Crippen LogP contribution in [0.2, 0.25) is 0 Å². The standard InChI is InChI=1S/C10H18O4/c1-5-8(11)13-7-14-9(12)10(3,4)6-2/h5-7H2,1-4H3. The highest BCUT2D eigenvalue weighted by Gasteiger charge is 2.27. The third-order valence-corrected chi connectivity index (χ3v) is 2.14. The first-order valence-corrected chi connectivity index (χ1v) is 4.77. The Hall–Kier alpha value is -1.06. The average Bonchev–Trinajstić information content (AvgIpc) is 2.17. The molecule has 0 aromatic heterocycles. The Kier molecular flexibility index (Phi) is 5.20. The van der Waals surface area contributed by atoms with Crippen LogP contribution in [0.1, 0.15) is 40.5 Å². The summed E-state index contributed by atoms with van der Waals surface area (Å²) in [5.74, 6) is -0.712. The van der Waals surface area contributed by atoms with Gasteiger partial charge in [0.2, 0.25) is 6.79 Å². The lowest BCUT2D eigenvalue weighted by atomic mass is 9.91. The highest BCUT2D eigenvalue weighted by molar-refractivity contribution is 5.76. The Bertz CT molecular complexity index is 208. The van der Waals surface area contributed by atoms with Crippen LogP contribution in [0.15, 0.2) is 0 Å². The second kappa shape index (κ2) is 5.62. The monoisotopic (exact) mass is 202 g/mol. The SMILES string of the molecule is CCC(=O)OCOC(=O)C(C)(C)CC. The van der Waals surface area contributed by atoms with Crippen LogP contribution >= 0.6 is 0 Å². The van der Waals surface area contributed by atoms with E-state index in [1.165, 1.54) is 0 Å². The van der Waals surface area contributed by atoms with E-state index in [9.17, 15) is 9.59 Å². The van der Waals surface area contributed by atoms with Crippen molar-refractivity contribution in [1.29, 1.82) is 0 Å². The molecule has 0 saturated carbocycles. The van der Waals surface area contributed by atoms with Crippen molar-refractivity contribution >= 4 is 11.9 Å². The minimum atomic E-state index is -0.515. The number of rotatable bonds is 5. The van der Waals surface area contributed by atoms with Gasteiger partial charge in [0.05, 0.1) is 5.41 Å². The molecule has 0 aliphatic carbocycles. The zero-order chi connectivity index (χ0) is 11.2. The summed E-state index contributed by atoms with van der Waals surface area (Å²) in [7, 11) is 0. The van der Waals surface area contributed by atoms with Crippen LogP contribution in [0.4, 0.5) is 0 Å². The van der Waals surface area contributed by atoms with E-state index in [0.29, 0.717) is 6.42 Å². The zero-order valence-corrected chi connectivity index (χ0v) is 9.25. The van der Waals surface area contributed by atoms with Crippen LogP contribution in [-0.4, -0.2) is 18.7 Å². The van der Waals surface area contributed by atoms with Gasteiger partial charge in [-0.1, -0.05) is 13.8 Å². The van der Waals surface area contributed by atoms with Gasteiger partial charge in [0.15, 0.2) is 0 Å². The molecule has 0 rings (SSSR count). The lowest BCUT2D eigenvalue weighted by Gasteiger charge is -2.19. The predicted octanol–water partition coefficient (Wildman–Crippen LogP) is 1.88. The van der Waals surface area contributed by atoms with E-state index in [-0.39, 0.29) is 25.2 Å². The van der Waals surface area contributed by atoms with Gasteiger partial charge >= 0.3 is 11.9 Å². The van der Waals surface area contributed by atoms with Gasteiger partial charge in [-0.3, -0.25) is 9.59 Å². The number of hydrogen-bond donors (Lipinski definition) is 0. The van der Waals surface area contributed by atoms with Gasteiger partial charge in [-0.05, 0) is 20.3 Å². The van der Waals surface area contributed by atoms with E-state index in [1.807, 2.05) is 6.92 Å². The number of esters is 2. The van der Waals surface area contributed by atoms with Crippen molar-refractivity contribution in [2.24, 2.45) is 5.41 Å². The lowest BCUT2D eigenvalue weighted by Crippen LogP contribution is -2.27. The van der Waals surface area contributed by atoms with Crippen molar-refractivity contribution in [3.05, 3.63) is 0 Å². The van der Waals surface area contributed by atoms with Crippen molar-refractivity contribution in [3.8, 4) is 0 Å². The number of carbonyl (C=O) groups is 2. The number of carbonyl (C=O) groups excluding carboxylic acids is 2. The highest BCUT2D eigenvalue weighted by atomic mass is 16.7. The van der Waals surface area contributed by atoms with Crippen LogP contribution in [0.5, 0.6) is 0 Å². The first-order valence-electron chi connectivity index (χ1n) is 4.77. The largest absolute Gasteiger partial charge is 0.428 e. The van der Waals surface area contributed by atoms with E-state index in [0.717, 1.165) is 0 Å². The van der Waals surface area contributed by atoms with Gasteiger partial charge in [0, 0.05) is 6.42 Å². The molecular formula is C10H18O4. The Labute approximate surface area is 84.6 Å². The van der Waals surface area contributed by atoms with E-state index >= 15 is 0 Å². The molecular weight excluding hydrogens is 184 g/mol. The van der Waals surface area contributed by atoms with Gasteiger partial charge in [0.25, 0.3) is 0 Å². The molecule has 0 aromatic rings. The fraction of sp³-hybridized carbons (Fsp3) is 0.800. The maximum atomic E-state index is 11.4. The molecule has 14 heavy (non-hydrogen) atoms. The summed E-state index contributed by atoms with van der Waals surface area (Å²) in [6.07, 6.45) is 0.974. The van der Waals surface area contributed by atoms with Crippen LogP contribution in [0.3, 0.4) is 0 Å². The Morgan fingerprint density at radius 2 is 1.71 bits per heavy atom. The van der Waals surface area contributed by atoms with E-state index in [4.69, 9.17) is 4.74 Å². The molecule has 0 heterocycles. The molecule has 4 nitrogen and oxygen atoms in total. The van der Waals surface area contributed by atoms with Crippen LogP contribution in [0, 0.1) is 5.41 Å². The van der Waals surface area contributed by atoms with Gasteiger partial charge in [-0.25, -0.2) is 0 Å². The van der Waals surface area contributed by atoms with Crippen molar-refractivity contribution in [2.45, 2.75) is 40.5 Å². The Morgan fingerprint density at radius 1 is 1.14 bits per heavy atom. The second-order valence-corrected chi connectivity index (χ2v) is 3.66. The van der Waals surface area contributed by atoms with Crippen molar-refractivity contribution < 1.29 is 19.1 Å². The molecule has 0 spiro atoms. The van der Waals surface area contributed by atoms with E-state index in [2.05, 4.69) is 4.74 Å². The highest BCUT2D eigenvalue weighted by Crippen LogP contribution is 2.21. The average molecular weight is 202 g/mol. The number of ether oxygens (including phenoxy) is 2. The molecule has 0 aromatic carbocycles. The summed E-state index contributed by atoms with van der Waals surface area (Å²) in [6.45, 7) is 6.88. The van der Waals surface area contributed by atoms with Crippen LogP contribution < -0.4 is 0 Å². The molecule has 0 unspecified atom stereocenters. The zero-order valence-electron chi connectivity index (χ0n) is 9.25. The molecule has 82 valence electrons. The molecule has 4 heteroatoms. The van der Waals surface area contributed by atoms with Crippen LogP contribution in [-0.2, 0) is 19.1 Å². The van der Waals surface area contributed by atoms with Gasteiger partial charge in [-0.15, -0.1) is 0 Å². The summed E-state index contributed by atoms with van der Waals surface area (Å²) in [5, 5.41) is 0. The minimum Gasteiger partial charge on any atom is -0.428 e. The third kappa shape index (κ3) is 4.25. The van der Waals surface area contributed by atoms with Crippen molar-refractivity contribution in [3.63, 3.8) is 0 Å². The third-order valence-electron chi connectivity index (χ3n) is 2.14. The van der Waals surface area contributed by atoms with E-state index in [1.54, 1.807) is 20.8 Å². The smallest absolute Gasteiger partial charge is 0.314 e.